The van der Waals surface area contributed by atoms with E-state index < -0.39 is 15.9 Å². The molecule has 8 nitrogen and oxygen atoms in total. The molecule has 1 aliphatic rings. The number of rotatable bonds is 10. The molecule has 0 saturated carbocycles. The van der Waals surface area contributed by atoms with Crippen LogP contribution in [0.15, 0.2) is 42.5 Å². The first kappa shape index (κ1) is 27.6. The lowest BCUT2D eigenvalue weighted by atomic mass is 10.1. The van der Waals surface area contributed by atoms with Crippen molar-refractivity contribution >= 4 is 62.5 Å². The zero-order valence-corrected chi connectivity index (χ0v) is 22.4. The number of ether oxygens (including phenoxy) is 1. The summed E-state index contributed by atoms with van der Waals surface area (Å²) in [4.78, 5) is 26.7. The van der Waals surface area contributed by atoms with Crippen LogP contribution < -0.4 is 9.62 Å². The Morgan fingerprint density at radius 2 is 1.77 bits per heavy atom. The van der Waals surface area contributed by atoms with Crippen LogP contribution in [0.2, 0.25) is 10.0 Å². The highest BCUT2D eigenvalue weighted by Crippen LogP contribution is 2.24. The number of benzene rings is 2. The third-order valence-corrected chi connectivity index (χ3v) is 8.12. The minimum Gasteiger partial charge on any atom is -0.378 e. The summed E-state index contributed by atoms with van der Waals surface area (Å²) in [6.45, 7) is 2.05. The smallest absolute Gasteiger partial charge is 0.254 e. The molecule has 0 radical (unpaired) electrons. The molecule has 35 heavy (non-hydrogen) atoms. The number of anilines is 1. The molecule has 0 spiro atoms. The topological polar surface area (TPSA) is 96.0 Å². The van der Waals surface area contributed by atoms with Crippen molar-refractivity contribution < 1.29 is 22.7 Å². The Balaban J connectivity index is 1.51. The van der Waals surface area contributed by atoms with Crippen LogP contribution in [-0.4, -0.2) is 76.5 Å². The maximum Gasteiger partial charge on any atom is 0.254 e. The van der Waals surface area contributed by atoms with E-state index in [0.29, 0.717) is 65.6 Å². The van der Waals surface area contributed by atoms with Crippen molar-refractivity contribution in [2.45, 2.75) is 5.75 Å². The maximum atomic E-state index is 12.6. The van der Waals surface area contributed by atoms with Crippen molar-refractivity contribution in [1.29, 1.82) is 0 Å². The third kappa shape index (κ3) is 8.28. The van der Waals surface area contributed by atoms with E-state index in [1.165, 1.54) is 12.1 Å². The van der Waals surface area contributed by atoms with Crippen molar-refractivity contribution in [2.75, 3.05) is 55.7 Å². The molecule has 3 rings (SSSR count). The zero-order valence-electron chi connectivity index (χ0n) is 19.2. The second kappa shape index (κ2) is 12.8. The largest absolute Gasteiger partial charge is 0.378 e. The highest BCUT2D eigenvalue weighted by molar-refractivity contribution is 7.98. The van der Waals surface area contributed by atoms with E-state index in [0.717, 1.165) is 16.1 Å². The number of hydrogen-bond acceptors (Lipinski definition) is 6. The highest BCUT2D eigenvalue weighted by atomic mass is 35.5. The molecular weight excluding hydrogens is 533 g/mol. The lowest BCUT2D eigenvalue weighted by Crippen LogP contribution is -2.41. The van der Waals surface area contributed by atoms with Crippen LogP contribution in [-0.2, 0) is 25.3 Å². The number of nitrogens with one attached hydrogen (secondary N) is 1. The average molecular weight is 561 g/mol. The van der Waals surface area contributed by atoms with E-state index in [1.807, 2.05) is 6.07 Å². The number of amides is 2. The van der Waals surface area contributed by atoms with Crippen LogP contribution in [0.3, 0.4) is 0 Å². The Hall–Kier alpha value is -1.98. The molecule has 1 saturated heterocycles. The van der Waals surface area contributed by atoms with E-state index in [-0.39, 0.29) is 12.5 Å². The Morgan fingerprint density at radius 1 is 1.09 bits per heavy atom. The molecule has 2 aromatic carbocycles. The molecule has 2 aromatic rings. The second-order valence-electron chi connectivity index (χ2n) is 7.87. The molecule has 0 aromatic heterocycles. The van der Waals surface area contributed by atoms with Gasteiger partial charge < -0.3 is 15.0 Å². The van der Waals surface area contributed by atoms with Crippen LogP contribution in [0.4, 0.5) is 5.69 Å². The van der Waals surface area contributed by atoms with Crippen molar-refractivity contribution in [3.63, 3.8) is 0 Å². The highest BCUT2D eigenvalue weighted by Gasteiger charge is 2.22. The number of nitrogens with zero attached hydrogens (tertiary/aromatic N) is 2. The standard InChI is InChI=1S/C23H27Cl2N3O5S2/c1-35(31,32)28(19-5-3-18(4-6-19)23(30)27-9-11-33-12-10-27)15-22(29)26-8-13-34-16-17-2-7-20(24)21(25)14-17/h2-7,14H,8-13,15-16H2,1H3,(H,26,29). The van der Waals surface area contributed by atoms with Gasteiger partial charge in [0.25, 0.3) is 5.91 Å². The van der Waals surface area contributed by atoms with Crippen LogP contribution in [0.1, 0.15) is 15.9 Å². The Bertz CT molecular complexity index is 1140. The minimum atomic E-state index is -3.71. The molecule has 1 N–H and O–H groups in total. The summed E-state index contributed by atoms with van der Waals surface area (Å²) in [5.74, 6) is 0.793. The van der Waals surface area contributed by atoms with Crippen LogP contribution in [0, 0.1) is 0 Å². The number of hydrogen-bond donors (Lipinski definition) is 1. The van der Waals surface area contributed by atoms with Gasteiger partial charge >= 0.3 is 0 Å². The van der Waals surface area contributed by atoms with Gasteiger partial charge in [0.2, 0.25) is 15.9 Å². The van der Waals surface area contributed by atoms with Crippen LogP contribution >= 0.6 is 35.0 Å². The molecule has 0 bridgehead atoms. The Kier molecular flexibility index (Phi) is 10.1. The van der Waals surface area contributed by atoms with Crippen LogP contribution in [0.5, 0.6) is 0 Å². The molecular formula is C23H27Cl2N3O5S2. The number of sulfonamides is 1. The fourth-order valence-corrected chi connectivity index (χ4v) is 5.37. The molecule has 0 atom stereocenters. The van der Waals surface area contributed by atoms with Gasteiger partial charge in [-0.15, -0.1) is 0 Å². The van der Waals surface area contributed by atoms with Gasteiger partial charge in [0.1, 0.15) is 6.54 Å². The molecule has 2 amide bonds. The summed E-state index contributed by atoms with van der Waals surface area (Å²) >= 11 is 13.5. The summed E-state index contributed by atoms with van der Waals surface area (Å²) in [6, 6.07) is 11.7. The number of halogens is 2. The fraction of sp³-hybridized carbons (Fsp3) is 0.391. The maximum absolute atomic E-state index is 12.6. The molecule has 1 heterocycles. The molecule has 12 heteroatoms. The van der Waals surface area contributed by atoms with Crippen molar-refractivity contribution in [3.8, 4) is 0 Å². The van der Waals surface area contributed by atoms with Gasteiger partial charge in [-0.3, -0.25) is 13.9 Å². The first-order valence-electron chi connectivity index (χ1n) is 10.9. The SMILES string of the molecule is CS(=O)(=O)N(CC(=O)NCCSCc1ccc(Cl)c(Cl)c1)c1ccc(C(=O)N2CCOCC2)cc1. The number of carbonyl (C=O) groups is 2. The summed E-state index contributed by atoms with van der Waals surface area (Å²) in [6.07, 6.45) is 1.04. The molecule has 1 aliphatic heterocycles. The van der Waals surface area contributed by atoms with Crippen molar-refractivity contribution in [3.05, 3.63) is 63.6 Å². The molecule has 0 aliphatic carbocycles. The average Bonchev–Trinajstić information content (AvgIpc) is 2.84. The van der Waals surface area contributed by atoms with E-state index in [1.54, 1.807) is 40.9 Å². The number of morpholine rings is 1. The second-order valence-corrected chi connectivity index (χ2v) is 11.7. The number of thioether (sulfide) groups is 1. The Labute approximate surface area is 219 Å². The first-order valence-corrected chi connectivity index (χ1v) is 14.6. The van der Waals surface area contributed by atoms with E-state index in [4.69, 9.17) is 27.9 Å². The van der Waals surface area contributed by atoms with Gasteiger partial charge in [0, 0.05) is 36.7 Å². The lowest BCUT2D eigenvalue weighted by molar-refractivity contribution is -0.119. The summed E-state index contributed by atoms with van der Waals surface area (Å²) in [5, 5.41) is 3.75. The van der Waals surface area contributed by atoms with Crippen molar-refractivity contribution in [2.24, 2.45) is 0 Å². The van der Waals surface area contributed by atoms with Gasteiger partial charge in [0.05, 0.1) is 35.2 Å². The Morgan fingerprint density at radius 3 is 2.40 bits per heavy atom. The van der Waals surface area contributed by atoms with Crippen molar-refractivity contribution in [1.82, 2.24) is 10.2 Å². The predicted octanol–water partition coefficient (Wildman–Crippen LogP) is 3.28. The molecule has 190 valence electrons. The van der Waals surface area contributed by atoms with E-state index in [9.17, 15) is 18.0 Å². The first-order chi connectivity index (χ1) is 16.6. The summed E-state index contributed by atoms with van der Waals surface area (Å²) in [7, 11) is -3.71. The zero-order chi connectivity index (χ0) is 25.4. The van der Waals surface area contributed by atoms with Crippen LogP contribution in [0.25, 0.3) is 0 Å². The monoisotopic (exact) mass is 559 g/mol. The predicted molar refractivity (Wildman–Crippen MR) is 141 cm³/mol. The lowest BCUT2D eigenvalue weighted by Gasteiger charge is -2.27. The third-order valence-electron chi connectivity index (χ3n) is 5.21. The number of carbonyl (C=O) groups excluding carboxylic acids is 2. The molecule has 0 unspecified atom stereocenters. The van der Waals surface area contributed by atoms with Gasteiger partial charge in [-0.1, -0.05) is 29.3 Å². The van der Waals surface area contributed by atoms with Gasteiger partial charge in [-0.25, -0.2) is 8.42 Å². The van der Waals surface area contributed by atoms with Gasteiger partial charge in [0.15, 0.2) is 0 Å². The fourth-order valence-electron chi connectivity index (χ4n) is 3.39. The van der Waals surface area contributed by atoms with Gasteiger partial charge in [-0.2, -0.15) is 11.8 Å². The summed E-state index contributed by atoms with van der Waals surface area (Å²) < 4.78 is 31.0. The van der Waals surface area contributed by atoms with Gasteiger partial charge in [-0.05, 0) is 42.0 Å². The van der Waals surface area contributed by atoms with E-state index in [2.05, 4.69) is 5.32 Å². The quantitative estimate of drug-likeness (QED) is 0.449. The van der Waals surface area contributed by atoms with E-state index >= 15 is 0 Å². The normalized spacial score (nSPS) is 14.0. The minimum absolute atomic E-state index is 0.137. The summed E-state index contributed by atoms with van der Waals surface area (Å²) in [5.41, 5.74) is 1.79. The molecule has 1 fully saturated rings.